The molecule has 6 heteroatoms. The molecule has 0 aliphatic carbocycles. The van der Waals surface area contributed by atoms with Crippen LogP contribution in [0, 0.1) is 5.92 Å². The van der Waals surface area contributed by atoms with Crippen molar-refractivity contribution in [3.8, 4) is 5.75 Å². The molecule has 1 aromatic rings. The monoisotopic (exact) mass is 311 g/mol. The van der Waals surface area contributed by atoms with Gasteiger partial charge in [-0.05, 0) is 18.1 Å². The van der Waals surface area contributed by atoms with Crippen LogP contribution >= 0.6 is 11.8 Å². The fourth-order valence-corrected chi connectivity index (χ4v) is 2.87. The number of rotatable bonds is 8. The highest BCUT2D eigenvalue weighted by Gasteiger charge is 2.21. The number of ether oxygens (including phenoxy) is 1. The van der Waals surface area contributed by atoms with E-state index in [1.165, 1.54) is 11.8 Å². The van der Waals surface area contributed by atoms with Gasteiger partial charge in [-0.1, -0.05) is 26.0 Å². The van der Waals surface area contributed by atoms with Crippen LogP contribution in [0.5, 0.6) is 5.75 Å². The summed E-state index contributed by atoms with van der Waals surface area (Å²) in [5.74, 6) is 0.116. The third-order valence-corrected chi connectivity index (χ3v) is 4.40. The molecule has 1 aromatic carbocycles. The van der Waals surface area contributed by atoms with Crippen LogP contribution in [0.15, 0.2) is 24.3 Å². The Bertz CT molecular complexity index is 490. The number of carboxylic acid groups (broad SMARTS) is 1. The number of carbonyl (C=O) groups excluding carboxylic acids is 1. The van der Waals surface area contributed by atoms with Gasteiger partial charge in [-0.15, -0.1) is 11.8 Å². The highest BCUT2D eigenvalue weighted by Crippen LogP contribution is 2.24. The van der Waals surface area contributed by atoms with Crippen molar-refractivity contribution in [3.05, 3.63) is 24.3 Å². The third-order valence-electron chi connectivity index (χ3n) is 2.86. The Labute approximate surface area is 129 Å². The quantitative estimate of drug-likeness (QED) is 0.772. The SMILES string of the molecule is COc1ccccc1NC(=O)CCSC(C(=O)O)C(C)C. The van der Waals surface area contributed by atoms with E-state index in [0.717, 1.165) is 0 Å². The molecule has 1 unspecified atom stereocenters. The van der Waals surface area contributed by atoms with Crippen LogP contribution in [-0.4, -0.2) is 35.1 Å². The average Bonchev–Trinajstić information content (AvgIpc) is 2.43. The van der Waals surface area contributed by atoms with Gasteiger partial charge in [-0.2, -0.15) is 0 Å². The molecule has 116 valence electrons. The average molecular weight is 311 g/mol. The van der Waals surface area contributed by atoms with Crippen LogP contribution in [0.4, 0.5) is 5.69 Å². The summed E-state index contributed by atoms with van der Waals surface area (Å²) >= 11 is 1.29. The predicted octanol–water partition coefficient (Wildman–Crippen LogP) is 2.87. The van der Waals surface area contributed by atoms with Gasteiger partial charge in [-0.3, -0.25) is 9.59 Å². The number of anilines is 1. The van der Waals surface area contributed by atoms with E-state index in [-0.39, 0.29) is 18.2 Å². The van der Waals surface area contributed by atoms with Gasteiger partial charge >= 0.3 is 5.97 Å². The first kappa shape index (κ1) is 17.4. The lowest BCUT2D eigenvalue weighted by molar-refractivity contribution is -0.137. The van der Waals surface area contributed by atoms with Gasteiger partial charge in [-0.25, -0.2) is 0 Å². The molecule has 0 saturated carbocycles. The van der Waals surface area contributed by atoms with Crippen molar-refractivity contribution in [3.63, 3.8) is 0 Å². The fraction of sp³-hybridized carbons (Fsp3) is 0.467. The Morgan fingerprint density at radius 3 is 2.57 bits per heavy atom. The summed E-state index contributed by atoms with van der Waals surface area (Å²) in [6.07, 6.45) is 0.263. The normalized spacial score (nSPS) is 12.0. The number of methoxy groups -OCH3 is 1. The maximum atomic E-state index is 11.9. The van der Waals surface area contributed by atoms with Crippen LogP contribution < -0.4 is 10.1 Å². The van der Waals surface area contributed by atoms with E-state index in [9.17, 15) is 9.59 Å². The molecule has 1 amide bonds. The van der Waals surface area contributed by atoms with Gasteiger partial charge < -0.3 is 15.2 Å². The number of para-hydroxylation sites is 2. The summed E-state index contributed by atoms with van der Waals surface area (Å²) in [6.45, 7) is 3.72. The number of hydrogen-bond donors (Lipinski definition) is 2. The van der Waals surface area contributed by atoms with Crippen molar-refractivity contribution in [2.24, 2.45) is 5.92 Å². The summed E-state index contributed by atoms with van der Waals surface area (Å²) in [7, 11) is 1.54. The number of benzene rings is 1. The number of hydrogen-bond acceptors (Lipinski definition) is 4. The third kappa shape index (κ3) is 5.67. The molecule has 0 fully saturated rings. The highest BCUT2D eigenvalue weighted by molar-refractivity contribution is 8.00. The smallest absolute Gasteiger partial charge is 0.316 e. The van der Waals surface area contributed by atoms with E-state index >= 15 is 0 Å². The molecule has 0 aliphatic heterocycles. The van der Waals surface area contributed by atoms with Crippen LogP contribution in [-0.2, 0) is 9.59 Å². The highest BCUT2D eigenvalue weighted by atomic mass is 32.2. The molecule has 1 rings (SSSR count). The molecule has 0 saturated heterocycles. The largest absolute Gasteiger partial charge is 0.495 e. The fourth-order valence-electron chi connectivity index (χ4n) is 1.79. The topological polar surface area (TPSA) is 75.6 Å². The van der Waals surface area contributed by atoms with E-state index in [0.29, 0.717) is 17.2 Å². The minimum atomic E-state index is -0.833. The number of carbonyl (C=O) groups is 2. The number of amides is 1. The van der Waals surface area contributed by atoms with E-state index in [1.807, 2.05) is 26.0 Å². The second-order valence-corrected chi connectivity index (χ2v) is 6.12. The van der Waals surface area contributed by atoms with Gasteiger partial charge in [0, 0.05) is 12.2 Å². The second-order valence-electron chi connectivity index (χ2n) is 4.87. The van der Waals surface area contributed by atoms with Crippen molar-refractivity contribution < 1.29 is 19.4 Å². The van der Waals surface area contributed by atoms with Gasteiger partial charge in [0.2, 0.25) is 5.91 Å². The molecule has 0 aliphatic rings. The Hall–Kier alpha value is -1.69. The maximum Gasteiger partial charge on any atom is 0.316 e. The van der Waals surface area contributed by atoms with Crippen LogP contribution in [0.2, 0.25) is 0 Å². The number of aliphatic carboxylic acids is 1. The molecule has 0 bridgehead atoms. The molecular weight excluding hydrogens is 290 g/mol. The number of nitrogens with one attached hydrogen (secondary N) is 1. The van der Waals surface area contributed by atoms with Crippen molar-refractivity contribution in [1.29, 1.82) is 0 Å². The standard InChI is InChI=1S/C15H21NO4S/c1-10(2)14(15(18)19)21-9-8-13(17)16-11-6-4-5-7-12(11)20-3/h4-7,10,14H,8-9H2,1-3H3,(H,16,17)(H,18,19). The molecule has 5 nitrogen and oxygen atoms in total. The van der Waals surface area contributed by atoms with E-state index in [1.54, 1.807) is 19.2 Å². The van der Waals surface area contributed by atoms with Crippen molar-refractivity contribution in [1.82, 2.24) is 0 Å². The van der Waals surface area contributed by atoms with Crippen molar-refractivity contribution in [2.75, 3.05) is 18.2 Å². The summed E-state index contributed by atoms with van der Waals surface area (Å²) in [4.78, 5) is 22.9. The summed E-state index contributed by atoms with van der Waals surface area (Å²) in [5, 5.41) is 11.4. The zero-order valence-electron chi connectivity index (χ0n) is 12.5. The first-order valence-corrected chi connectivity index (χ1v) is 7.77. The Morgan fingerprint density at radius 1 is 1.33 bits per heavy atom. The zero-order valence-corrected chi connectivity index (χ0v) is 13.3. The molecule has 1 atom stereocenters. The maximum absolute atomic E-state index is 11.9. The van der Waals surface area contributed by atoms with E-state index < -0.39 is 11.2 Å². The first-order valence-electron chi connectivity index (χ1n) is 6.73. The van der Waals surface area contributed by atoms with Gasteiger partial charge in [0.1, 0.15) is 11.0 Å². The minimum Gasteiger partial charge on any atom is -0.495 e. The first-order chi connectivity index (χ1) is 9.95. The molecular formula is C15H21NO4S. The molecule has 0 radical (unpaired) electrons. The Morgan fingerprint density at radius 2 is 2.00 bits per heavy atom. The van der Waals surface area contributed by atoms with Crippen LogP contribution in [0.1, 0.15) is 20.3 Å². The second kappa shape index (κ2) is 8.56. The predicted molar refractivity (Wildman–Crippen MR) is 85.0 cm³/mol. The lowest BCUT2D eigenvalue weighted by Crippen LogP contribution is -2.23. The lowest BCUT2D eigenvalue weighted by Gasteiger charge is -2.15. The van der Waals surface area contributed by atoms with Crippen LogP contribution in [0.3, 0.4) is 0 Å². The van der Waals surface area contributed by atoms with Gasteiger partial charge in [0.15, 0.2) is 0 Å². The van der Waals surface area contributed by atoms with Crippen LogP contribution in [0.25, 0.3) is 0 Å². The molecule has 0 aromatic heterocycles. The summed E-state index contributed by atoms with van der Waals surface area (Å²) < 4.78 is 5.15. The Balaban J connectivity index is 2.46. The lowest BCUT2D eigenvalue weighted by atomic mass is 10.1. The molecule has 2 N–H and O–H groups in total. The summed E-state index contributed by atoms with van der Waals surface area (Å²) in [6, 6.07) is 7.16. The van der Waals surface area contributed by atoms with Crippen molar-refractivity contribution >= 4 is 29.3 Å². The molecule has 0 spiro atoms. The zero-order chi connectivity index (χ0) is 15.8. The molecule has 0 heterocycles. The number of carboxylic acids is 1. The van der Waals surface area contributed by atoms with Crippen molar-refractivity contribution in [2.45, 2.75) is 25.5 Å². The van der Waals surface area contributed by atoms with E-state index in [4.69, 9.17) is 9.84 Å². The minimum absolute atomic E-state index is 0.0322. The van der Waals surface area contributed by atoms with Gasteiger partial charge in [0.25, 0.3) is 0 Å². The summed E-state index contributed by atoms with van der Waals surface area (Å²) in [5.41, 5.74) is 0.619. The number of thioether (sulfide) groups is 1. The molecule has 21 heavy (non-hydrogen) atoms. The van der Waals surface area contributed by atoms with E-state index in [2.05, 4.69) is 5.32 Å². The Kier molecular flexibility index (Phi) is 7.08. The van der Waals surface area contributed by atoms with Gasteiger partial charge in [0.05, 0.1) is 12.8 Å².